The minimum absolute atomic E-state index is 1.07. The maximum Gasteiger partial charge on any atom is -0.0383 e. The van der Waals surface area contributed by atoms with Crippen LogP contribution in [-0.2, 0) is 0 Å². The first-order chi connectivity index (χ1) is 13.8. The van der Waals surface area contributed by atoms with Crippen molar-refractivity contribution in [3.8, 4) is 0 Å². The van der Waals surface area contributed by atoms with Crippen LogP contribution in [0.15, 0.2) is 0 Å². The van der Waals surface area contributed by atoms with Crippen molar-refractivity contribution in [2.45, 2.75) is 142 Å². The fourth-order valence-electron chi connectivity index (χ4n) is 7.40. The highest BCUT2D eigenvalue weighted by Crippen LogP contribution is 2.42. The van der Waals surface area contributed by atoms with E-state index < -0.39 is 0 Å². The van der Waals surface area contributed by atoms with Crippen molar-refractivity contribution in [2.75, 3.05) is 0 Å². The molecule has 3 saturated carbocycles. The molecule has 3 rings (SSSR count). The van der Waals surface area contributed by atoms with E-state index in [2.05, 4.69) is 13.8 Å². The molecule has 0 spiro atoms. The molecule has 0 N–H and O–H groups in total. The zero-order chi connectivity index (χ0) is 19.6. The van der Waals surface area contributed by atoms with Gasteiger partial charge in [0.25, 0.3) is 0 Å². The van der Waals surface area contributed by atoms with Gasteiger partial charge in [-0.2, -0.15) is 0 Å². The molecule has 1 atom stereocenters. The summed E-state index contributed by atoms with van der Waals surface area (Å²) in [4.78, 5) is 0. The third-order valence-corrected chi connectivity index (χ3v) is 9.22. The van der Waals surface area contributed by atoms with Crippen LogP contribution in [0.4, 0.5) is 0 Å². The van der Waals surface area contributed by atoms with Gasteiger partial charge in [-0.3, -0.25) is 0 Å². The minimum Gasteiger partial charge on any atom is -0.0654 e. The minimum atomic E-state index is 1.07. The van der Waals surface area contributed by atoms with E-state index in [4.69, 9.17) is 0 Å². The van der Waals surface area contributed by atoms with Crippen LogP contribution in [0.3, 0.4) is 0 Å². The van der Waals surface area contributed by atoms with Crippen molar-refractivity contribution >= 4 is 0 Å². The number of hydrogen-bond donors (Lipinski definition) is 0. The first-order valence-corrected chi connectivity index (χ1v) is 13.8. The molecule has 3 aliphatic rings. The maximum atomic E-state index is 2.43. The SMILES string of the molecule is CCCC1CCC(CCC2CCC(C(CCC)CC3CCCCC3)CC2)CC1. The van der Waals surface area contributed by atoms with Gasteiger partial charge in [-0.1, -0.05) is 123 Å². The summed E-state index contributed by atoms with van der Waals surface area (Å²) in [5, 5.41) is 0. The van der Waals surface area contributed by atoms with Gasteiger partial charge in [0.2, 0.25) is 0 Å². The second-order valence-electron chi connectivity index (χ2n) is 11.3. The molecule has 0 aromatic heterocycles. The van der Waals surface area contributed by atoms with Crippen LogP contribution in [0, 0.1) is 35.5 Å². The van der Waals surface area contributed by atoms with Crippen molar-refractivity contribution in [1.29, 1.82) is 0 Å². The Balaban J connectivity index is 1.33. The van der Waals surface area contributed by atoms with Crippen molar-refractivity contribution in [1.82, 2.24) is 0 Å². The lowest BCUT2D eigenvalue weighted by atomic mass is 9.69. The Bertz CT molecular complexity index is 377. The fourth-order valence-corrected chi connectivity index (χ4v) is 7.40. The Kier molecular flexibility index (Phi) is 10.2. The molecule has 0 radical (unpaired) electrons. The van der Waals surface area contributed by atoms with Gasteiger partial charge in [0, 0.05) is 0 Å². The molecule has 0 aliphatic heterocycles. The molecule has 1 unspecified atom stereocenters. The van der Waals surface area contributed by atoms with Gasteiger partial charge in [-0.05, 0) is 54.8 Å². The van der Waals surface area contributed by atoms with Crippen LogP contribution in [0.2, 0.25) is 0 Å². The molecule has 0 aromatic carbocycles. The molecule has 28 heavy (non-hydrogen) atoms. The number of rotatable bonds is 10. The lowest BCUT2D eigenvalue weighted by Gasteiger charge is -2.37. The standard InChI is InChI=1S/C28H52/c1-3-8-23-12-14-24(15-13-23)16-17-25-18-20-27(21-19-25)28(9-4-2)22-26-10-6-5-7-11-26/h23-28H,3-22H2,1-2H3. The van der Waals surface area contributed by atoms with E-state index in [1.54, 1.807) is 83.5 Å². The molecule has 0 amide bonds. The van der Waals surface area contributed by atoms with Crippen LogP contribution >= 0.6 is 0 Å². The smallest absolute Gasteiger partial charge is 0.0383 e. The Hall–Kier alpha value is 0. The summed E-state index contributed by atoms with van der Waals surface area (Å²) in [6, 6.07) is 0. The molecule has 3 fully saturated rings. The summed E-state index contributed by atoms with van der Waals surface area (Å²) in [7, 11) is 0. The Morgan fingerprint density at radius 2 is 1.07 bits per heavy atom. The van der Waals surface area contributed by atoms with Crippen LogP contribution in [0.25, 0.3) is 0 Å². The molecule has 0 bridgehead atoms. The average Bonchev–Trinajstić information content (AvgIpc) is 2.74. The second kappa shape index (κ2) is 12.6. The summed E-state index contributed by atoms with van der Waals surface area (Å²) in [5.74, 6) is 6.50. The highest BCUT2D eigenvalue weighted by atomic mass is 14.4. The zero-order valence-electron chi connectivity index (χ0n) is 19.6. The maximum absolute atomic E-state index is 2.43. The average molecular weight is 389 g/mol. The van der Waals surface area contributed by atoms with Gasteiger partial charge < -0.3 is 0 Å². The monoisotopic (exact) mass is 388 g/mol. The first kappa shape index (κ1) is 22.7. The summed E-state index contributed by atoms with van der Waals surface area (Å²) in [6.07, 6.45) is 30.7. The predicted octanol–water partition coefficient (Wildman–Crippen LogP) is 9.57. The summed E-state index contributed by atoms with van der Waals surface area (Å²) in [5.41, 5.74) is 0. The van der Waals surface area contributed by atoms with E-state index in [9.17, 15) is 0 Å². The molecular formula is C28H52. The molecule has 0 nitrogen and oxygen atoms in total. The number of hydrogen-bond acceptors (Lipinski definition) is 0. The Morgan fingerprint density at radius 3 is 1.61 bits per heavy atom. The predicted molar refractivity (Wildman–Crippen MR) is 125 cm³/mol. The van der Waals surface area contributed by atoms with Crippen LogP contribution < -0.4 is 0 Å². The van der Waals surface area contributed by atoms with E-state index in [0.29, 0.717) is 0 Å². The van der Waals surface area contributed by atoms with E-state index in [0.717, 1.165) is 35.5 Å². The zero-order valence-corrected chi connectivity index (χ0v) is 19.6. The first-order valence-electron chi connectivity index (χ1n) is 13.8. The molecule has 3 aliphatic carbocycles. The molecule has 164 valence electrons. The molecule has 0 aromatic rings. The van der Waals surface area contributed by atoms with Gasteiger partial charge in [-0.25, -0.2) is 0 Å². The van der Waals surface area contributed by atoms with E-state index in [1.807, 2.05) is 0 Å². The highest BCUT2D eigenvalue weighted by Gasteiger charge is 2.30. The van der Waals surface area contributed by atoms with Gasteiger partial charge in [0.1, 0.15) is 0 Å². The summed E-state index contributed by atoms with van der Waals surface area (Å²) >= 11 is 0. The van der Waals surface area contributed by atoms with Crippen molar-refractivity contribution in [2.24, 2.45) is 35.5 Å². The summed E-state index contributed by atoms with van der Waals surface area (Å²) in [6.45, 7) is 4.79. The van der Waals surface area contributed by atoms with E-state index in [1.165, 1.54) is 44.9 Å². The van der Waals surface area contributed by atoms with Crippen LogP contribution in [-0.4, -0.2) is 0 Å². The van der Waals surface area contributed by atoms with Gasteiger partial charge in [0.15, 0.2) is 0 Å². The Labute approximate surface area is 178 Å². The fraction of sp³-hybridized carbons (Fsp3) is 1.00. The normalized spacial score (nSPS) is 33.6. The molecule has 0 saturated heterocycles. The highest BCUT2D eigenvalue weighted by molar-refractivity contribution is 4.81. The third-order valence-electron chi connectivity index (χ3n) is 9.22. The van der Waals surface area contributed by atoms with Gasteiger partial charge >= 0.3 is 0 Å². The summed E-state index contributed by atoms with van der Waals surface area (Å²) < 4.78 is 0. The van der Waals surface area contributed by atoms with Crippen molar-refractivity contribution in [3.05, 3.63) is 0 Å². The third kappa shape index (κ3) is 7.36. The second-order valence-corrected chi connectivity index (χ2v) is 11.3. The largest absolute Gasteiger partial charge is 0.0654 e. The molecular weight excluding hydrogens is 336 g/mol. The van der Waals surface area contributed by atoms with E-state index in [-0.39, 0.29) is 0 Å². The van der Waals surface area contributed by atoms with Crippen LogP contribution in [0.1, 0.15) is 142 Å². The quantitative estimate of drug-likeness (QED) is 0.349. The lowest BCUT2D eigenvalue weighted by molar-refractivity contribution is 0.147. The topological polar surface area (TPSA) is 0 Å². The van der Waals surface area contributed by atoms with Crippen molar-refractivity contribution in [3.63, 3.8) is 0 Å². The molecule has 0 heterocycles. The molecule has 0 heteroatoms. The van der Waals surface area contributed by atoms with Crippen molar-refractivity contribution < 1.29 is 0 Å². The van der Waals surface area contributed by atoms with Gasteiger partial charge in [0.05, 0.1) is 0 Å². The van der Waals surface area contributed by atoms with E-state index >= 15 is 0 Å². The Morgan fingerprint density at radius 1 is 0.536 bits per heavy atom. The van der Waals surface area contributed by atoms with Gasteiger partial charge in [-0.15, -0.1) is 0 Å². The lowest BCUT2D eigenvalue weighted by Crippen LogP contribution is -2.25. The van der Waals surface area contributed by atoms with Crippen LogP contribution in [0.5, 0.6) is 0 Å².